The standard InChI is InChI=1S/C12H23N/c1-6-10(4)11(5)7-12(8-13)9(2)3/h9-12H,6-7H2,1-5H3/t10?,11-,12?/m1/s1. The van der Waals surface area contributed by atoms with Gasteiger partial charge < -0.3 is 0 Å². The molecule has 0 saturated heterocycles. The quantitative estimate of drug-likeness (QED) is 0.632. The lowest BCUT2D eigenvalue weighted by Crippen LogP contribution is -2.15. The van der Waals surface area contributed by atoms with Crippen molar-refractivity contribution in [3.05, 3.63) is 0 Å². The molecule has 0 spiro atoms. The Kier molecular flexibility index (Phi) is 5.79. The van der Waals surface area contributed by atoms with Gasteiger partial charge in [0.1, 0.15) is 0 Å². The van der Waals surface area contributed by atoms with Crippen LogP contribution in [-0.4, -0.2) is 0 Å². The second-order valence-electron chi connectivity index (χ2n) is 4.58. The fraction of sp³-hybridized carbons (Fsp3) is 0.917. The molecule has 0 saturated carbocycles. The Labute approximate surface area is 83.1 Å². The highest BCUT2D eigenvalue weighted by atomic mass is 14.3. The first kappa shape index (κ1) is 12.5. The molecule has 0 amide bonds. The number of nitrogens with zero attached hydrogens (tertiary/aromatic N) is 1. The zero-order chi connectivity index (χ0) is 10.4. The maximum atomic E-state index is 8.95. The van der Waals surface area contributed by atoms with Gasteiger partial charge >= 0.3 is 0 Å². The van der Waals surface area contributed by atoms with Gasteiger partial charge in [-0.25, -0.2) is 0 Å². The van der Waals surface area contributed by atoms with Crippen molar-refractivity contribution < 1.29 is 0 Å². The summed E-state index contributed by atoms with van der Waals surface area (Å²) in [5.74, 6) is 2.16. The predicted octanol–water partition coefficient (Wildman–Crippen LogP) is 3.85. The van der Waals surface area contributed by atoms with Crippen molar-refractivity contribution in [1.82, 2.24) is 0 Å². The Hall–Kier alpha value is -0.510. The van der Waals surface area contributed by atoms with Crippen LogP contribution in [0.15, 0.2) is 0 Å². The van der Waals surface area contributed by atoms with Crippen molar-refractivity contribution in [2.45, 2.75) is 47.5 Å². The van der Waals surface area contributed by atoms with Gasteiger partial charge in [0, 0.05) is 5.92 Å². The van der Waals surface area contributed by atoms with E-state index in [1.54, 1.807) is 0 Å². The summed E-state index contributed by atoms with van der Waals surface area (Å²) in [5, 5.41) is 8.95. The Morgan fingerprint density at radius 1 is 1.08 bits per heavy atom. The molecule has 1 heteroatoms. The summed E-state index contributed by atoms with van der Waals surface area (Å²) in [4.78, 5) is 0. The Morgan fingerprint density at radius 2 is 1.62 bits per heavy atom. The van der Waals surface area contributed by atoms with Gasteiger partial charge in [-0.2, -0.15) is 5.26 Å². The second kappa shape index (κ2) is 6.02. The number of rotatable bonds is 5. The van der Waals surface area contributed by atoms with Crippen LogP contribution in [0.2, 0.25) is 0 Å². The topological polar surface area (TPSA) is 23.8 Å². The van der Waals surface area contributed by atoms with Gasteiger partial charge in [-0.3, -0.25) is 0 Å². The largest absolute Gasteiger partial charge is 0.198 e. The highest BCUT2D eigenvalue weighted by molar-refractivity contribution is 4.86. The van der Waals surface area contributed by atoms with Crippen molar-refractivity contribution in [1.29, 1.82) is 5.26 Å². The normalized spacial score (nSPS) is 17.9. The van der Waals surface area contributed by atoms with Crippen LogP contribution in [0.4, 0.5) is 0 Å². The third-order valence-electron chi connectivity index (χ3n) is 3.21. The summed E-state index contributed by atoms with van der Waals surface area (Å²) in [6.07, 6.45) is 2.28. The molecule has 2 unspecified atom stereocenters. The smallest absolute Gasteiger partial charge is 0.0658 e. The van der Waals surface area contributed by atoms with Crippen LogP contribution in [0.1, 0.15) is 47.5 Å². The Balaban J connectivity index is 4.03. The molecule has 0 aliphatic carbocycles. The molecule has 0 heterocycles. The Bertz CT molecular complexity index is 166. The van der Waals surface area contributed by atoms with Crippen molar-refractivity contribution >= 4 is 0 Å². The van der Waals surface area contributed by atoms with Gasteiger partial charge in [-0.1, -0.05) is 41.0 Å². The molecule has 0 fully saturated rings. The van der Waals surface area contributed by atoms with Crippen LogP contribution in [-0.2, 0) is 0 Å². The minimum Gasteiger partial charge on any atom is -0.198 e. The Morgan fingerprint density at radius 3 is 1.92 bits per heavy atom. The third kappa shape index (κ3) is 4.31. The molecule has 0 aromatic carbocycles. The lowest BCUT2D eigenvalue weighted by atomic mass is 9.82. The molecule has 13 heavy (non-hydrogen) atoms. The molecule has 0 radical (unpaired) electrons. The lowest BCUT2D eigenvalue weighted by Gasteiger charge is -2.22. The average molecular weight is 181 g/mol. The number of hydrogen-bond donors (Lipinski definition) is 0. The van der Waals surface area contributed by atoms with E-state index in [-0.39, 0.29) is 5.92 Å². The zero-order valence-corrected chi connectivity index (χ0v) is 9.67. The molecule has 0 aromatic heterocycles. The van der Waals surface area contributed by atoms with Gasteiger partial charge in [-0.15, -0.1) is 0 Å². The maximum absolute atomic E-state index is 8.95. The van der Waals surface area contributed by atoms with Gasteiger partial charge in [0.25, 0.3) is 0 Å². The van der Waals surface area contributed by atoms with Crippen molar-refractivity contribution in [2.24, 2.45) is 23.7 Å². The minimum atomic E-state index is 0.240. The SMILES string of the molecule is CCC(C)[C@H](C)CC(C#N)C(C)C. The van der Waals surface area contributed by atoms with Crippen LogP contribution in [0.3, 0.4) is 0 Å². The molecule has 0 rings (SSSR count). The summed E-state index contributed by atoms with van der Waals surface area (Å²) in [6.45, 7) is 11.0. The van der Waals surface area contributed by atoms with Gasteiger partial charge in [0.15, 0.2) is 0 Å². The van der Waals surface area contributed by atoms with E-state index in [1.807, 2.05) is 0 Å². The molecule has 3 atom stereocenters. The van der Waals surface area contributed by atoms with E-state index in [0.717, 1.165) is 12.3 Å². The summed E-state index contributed by atoms with van der Waals surface area (Å²) in [5.41, 5.74) is 0. The summed E-state index contributed by atoms with van der Waals surface area (Å²) in [6, 6.07) is 2.41. The van der Waals surface area contributed by atoms with Crippen LogP contribution in [0, 0.1) is 35.0 Å². The number of hydrogen-bond acceptors (Lipinski definition) is 1. The summed E-state index contributed by atoms with van der Waals surface area (Å²) >= 11 is 0. The van der Waals surface area contributed by atoms with Gasteiger partial charge in [0.05, 0.1) is 6.07 Å². The van der Waals surface area contributed by atoms with E-state index >= 15 is 0 Å². The first-order valence-corrected chi connectivity index (χ1v) is 5.42. The fourth-order valence-corrected chi connectivity index (χ4v) is 1.51. The van der Waals surface area contributed by atoms with Crippen LogP contribution in [0.25, 0.3) is 0 Å². The van der Waals surface area contributed by atoms with E-state index in [0.29, 0.717) is 11.8 Å². The fourth-order valence-electron chi connectivity index (χ4n) is 1.51. The first-order valence-electron chi connectivity index (χ1n) is 5.42. The van der Waals surface area contributed by atoms with E-state index in [9.17, 15) is 0 Å². The molecular weight excluding hydrogens is 158 g/mol. The summed E-state index contributed by atoms with van der Waals surface area (Å²) in [7, 11) is 0. The van der Waals surface area contributed by atoms with Crippen LogP contribution >= 0.6 is 0 Å². The lowest BCUT2D eigenvalue weighted by molar-refractivity contribution is 0.291. The molecular formula is C12H23N. The van der Waals surface area contributed by atoms with E-state index in [2.05, 4.69) is 40.7 Å². The van der Waals surface area contributed by atoms with Crippen molar-refractivity contribution in [3.63, 3.8) is 0 Å². The van der Waals surface area contributed by atoms with Crippen molar-refractivity contribution in [2.75, 3.05) is 0 Å². The van der Waals surface area contributed by atoms with E-state index in [4.69, 9.17) is 5.26 Å². The molecule has 76 valence electrons. The van der Waals surface area contributed by atoms with Crippen molar-refractivity contribution in [3.8, 4) is 6.07 Å². The highest BCUT2D eigenvalue weighted by Gasteiger charge is 2.19. The third-order valence-corrected chi connectivity index (χ3v) is 3.21. The summed E-state index contributed by atoms with van der Waals surface area (Å²) < 4.78 is 0. The first-order chi connectivity index (χ1) is 6.02. The molecule has 0 aromatic rings. The predicted molar refractivity (Wildman–Crippen MR) is 57.2 cm³/mol. The maximum Gasteiger partial charge on any atom is 0.0658 e. The number of nitriles is 1. The van der Waals surface area contributed by atoms with E-state index < -0.39 is 0 Å². The molecule has 1 nitrogen and oxygen atoms in total. The van der Waals surface area contributed by atoms with E-state index in [1.165, 1.54) is 6.42 Å². The molecule has 0 aliphatic rings. The minimum absolute atomic E-state index is 0.240. The van der Waals surface area contributed by atoms with Crippen LogP contribution < -0.4 is 0 Å². The van der Waals surface area contributed by atoms with Gasteiger partial charge in [0.2, 0.25) is 0 Å². The monoisotopic (exact) mass is 181 g/mol. The molecule has 0 aliphatic heterocycles. The second-order valence-corrected chi connectivity index (χ2v) is 4.58. The van der Waals surface area contributed by atoms with Crippen LogP contribution in [0.5, 0.6) is 0 Å². The van der Waals surface area contributed by atoms with Gasteiger partial charge in [-0.05, 0) is 24.2 Å². The molecule has 0 N–H and O–H groups in total. The molecule has 0 bridgehead atoms. The highest BCUT2D eigenvalue weighted by Crippen LogP contribution is 2.25. The average Bonchev–Trinajstić information content (AvgIpc) is 2.11. The zero-order valence-electron chi connectivity index (χ0n) is 9.67.